The molecule has 3 heterocycles. The summed E-state index contributed by atoms with van der Waals surface area (Å²) in [5, 5.41) is 4.32. The molecule has 0 spiro atoms. The van der Waals surface area contributed by atoms with Gasteiger partial charge in [0.25, 0.3) is 10.0 Å². The van der Waals surface area contributed by atoms with Crippen LogP contribution in [0.25, 0.3) is 0 Å². The second kappa shape index (κ2) is 6.25. The molecule has 1 unspecified atom stereocenters. The van der Waals surface area contributed by atoms with Gasteiger partial charge < -0.3 is 4.74 Å². The molecular weight excluding hydrogens is 348 g/mol. The van der Waals surface area contributed by atoms with E-state index in [1.54, 1.807) is 17.9 Å². The number of rotatable bonds is 5. The lowest BCUT2D eigenvalue weighted by Crippen LogP contribution is -2.33. The third kappa shape index (κ3) is 3.18. The van der Waals surface area contributed by atoms with Gasteiger partial charge in [0.15, 0.2) is 5.82 Å². The van der Waals surface area contributed by atoms with Crippen molar-refractivity contribution in [1.29, 1.82) is 0 Å². The Kier molecular flexibility index (Phi) is 4.51. The highest BCUT2D eigenvalue weighted by molar-refractivity contribution is 7.91. The highest BCUT2D eigenvalue weighted by atomic mass is 35.5. The van der Waals surface area contributed by atoms with Crippen molar-refractivity contribution in [2.75, 3.05) is 7.11 Å². The summed E-state index contributed by atoms with van der Waals surface area (Å²) in [4.78, 5) is 4.38. The number of sulfonamides is 1. The molecule has 0 amide bonds. The summed E-state index contributed by atoms with van der Waals surface area (Å²) >= 11 is 6.84. The first-order chi connectivity index (χ1) is 10.5. The molecule has 10 heteroatoms. The summed E-state index contributed by atoms with van der Waals surface area (Å²) in [5.74, 6) is 1.19. The second-order valence-electron chi connectivity index (χ2n) is 4.92. The number of aryl methyl sites for hydroxylation is 1. The SMILES string of the molecule is COCc1nc2n(n1)CCCC2NS(=O)(=O)c1ccc(Cl)s1. The molecule has 0 aliphatic carbocycles. The number of aromatic nitrogens is 3. The van der Waals surface area contributed by atoms with Gasteiger partial charge in [-0.3, -0.25) is 0 Å². The van der Waals surface area contributed by atoms with Gasteiger partial charge in [0.1, 0.15) is 16.6 Å². The van der Waals surface area contributed by atoms with Gasteiger partial charge in [0.05, 0.1) is 10.4 Å². The standard InChI is InChI=1S/C12H15ClN4O3S2/c1-20-7-10-14-12-8(3-2-6-17(12)15-10)16-22(18,19)11-5-4-9(13)21-11/h4-5,8,16H,2-3,6-7H2,1H3. The lowest BCUT2D eigenvalue weighted by molar-refractivity contribution is 0.177. The lowest BCUT2D eigenvalue weighted by atomic mass is 10.1. The number of thiophene rings is 1. The van der Waals surface area contributed by atoms with E-state index >= 15 is 0 Å². The van der Waals surface area contributed by atoms with E-state index in [4.69, 9.17) is 16.3 Å². The molecule has 2 aromatic rings. The van der Waals surface area contributed by atoms with Crippen LogP contribution < -0.4 is 4.72 Å². The number of fused-ring (bicyclic) bond motifs is 1. The summed E-state index contributed by atoms with van der Waals surface area (Å²) in [6, 6.07) is 2.68. The first-order valence-electron chi connectivity index (χ1n) is 6.70. The van der Waals surface area contributed by atoms with Crippen molar-refractivity contribution in [1.82, 2.24) is 19.5 Å². The van der Waals surface area contributed by atoms with E-state index in [2.05, 4.69) is 14.8 Å². The predicted molar refractivity (Wildman–Crippen MR) is 82.4 cm³/mol. The molecular formula is C12H15ClN4O3S2. The maximum Gasteiger partial charge on any atom is 0.250 e. The Morgan fingerprint density at radius 3 is 3.05 bits per heavy atom. The quantitative estimate of drug-likeness (QED) is 0.878. The van der Waals surface area contributed by atoms with E-state index in [0.717, 1.165) is 24.3 Å². The van der Waals surface area contributed by atoms with Crippen LogP contribution in [0.3, 0.4) is 0 Å². The number of ether oxygens (including phenoxy) is 1. The van der Waals surface area contributed by atoms with Crippen LogP contribution in [0.4, 0.5) is 0 Å². The van der Waals surface area contributed by atoms with E-state index < -0.39 is 16.1 Å². The molecule has 7 nitrogen and oxygen atoms in total. The van der Waals surface area contributed by atoms with E-state index in [1.165, 1.54) is 6.07 Å². The molecule has 22 heavy (non-hydrogen) atoms. The van der Waals surface area contributed by atoms with Crippen LogP contribution in [-0.4, -0.2) is 30.3 Å². The average molecular weight is 363 g/mol. The van der Waals surface area contributed by atoms with Crippen LogP contribution in [0.15, 0.2) is 16.3 Å². The van der Waals surface area contributed by atoms with Gasteiger partial charge in [0.2, 0.25) is 0 Å². The number of nitrogens with one attached hydrogen (secondary N) is 1. The molecule has 0 saturated heterocycles. The summed E-state index contributed by atoms with van der Waals surface area (Å²) < 4.78 is 34.9. The van der Waals surface area contributed by atoms with Crippen LogP contribution >= 0.6 is 22.9 Å². The zero-order valence-electron chi connectivity index (χ0n) is 11.8. The highest BCUT2D eigenvalue weighted by Crippen LogP contribution is 2.29. The van der Waals surface area contributed by atoms with Crippen molar-refractivity contribution in [3.05, 3.63) is 28.1 Å². The molecule has 0 fully saturated rings. The summed E-state index contributed by atoms with van der Waals surface area (Å²) in [6.45, 7) is 1.04. The molecule has 1 atom stereocenters. The fraction of sp³-hybridized carbons (Fsp3) is 0.500. The van der Waals surface area contributed by atoms with Gasteiger partial charge in [-0.05, 0) is 25.0 Å². The minimum atomic E-state index is -3.61. The van der Waals surface area contributed by atoms with Crippen molar-refractivity contribution >= 4 is 33.0 Å². The minimum absolute atomic E-state index is 0.200. The third-order valence-electron chi connectivity index (χ3n) is 3.30. The molecule has 1 aliphatic rings. The van der Waals surface area contributed by atoms with E-state index in [9.17, 15) is 8.42 Å². The molecule has 3 rings (SSSR count). The molecule has 0 radical (unpaired) electrons. The number of hydrogen-bond donors (Lipinski definition) is 1. The molecule has 0 saturated carbocycles. The molecule has 2 aromatic heterocycles. The van der Waals surface area contributed by atoms with Gasteiger partial charge in [0, 0.05) is 13.7 Å². The fourth-order valence-electron chi connectivity index (χ4n) is 2.39. The highest BCUT2D eigenvalue weighted by Gasteiger charge is 2.29. The number of halogens is 1. The number of methoxy groups -OCH3 is 1. The Bertz CT molecular complexity index is 771. The zero-order valence-corrected chi connectivity index (χ0v) is 14.2. The fourth-order valence-corrected chi connectivity index (χ4v) is 5.12. The Labute approximate surface area is 137 Å². The molecule has 1 N–H and O–H groups in total. The van der Waals surface area contributed by atoms with Gasteiger partial charge in [-0.1, -0.05) is 11.6 Å². The largest absolute Gasteiger partial charge is 0.377 e. The number of nitrogens with zero attached hydrogens (tertiary/aromatic N) is 3. The Balaban J connectivity index is 1.85. The molecule has 1 aliphatic heterocycles. The Hall–Kier alpha value is -1.000. The van der Waals surface area contributed by atoms with Gasteiger partial charge >= 0.3 is 0 Å². The van der Waals surface area contributed by atoms with Crippen molar-refractivity contribution in [3.8, 4) is 0 Å². The first-order valence-corrected chi connectivity index (χ1v) is 9.37. The lowest BCUT2D eigenvalue weighted by Gasteiger charge is -2.22. The maximum atomic E-state index is 12.4. The van der Waals surface area contributed by atoms with Crippen molar-refractivity contribution in [3.63, 3.8) is 0 Å². The van der Waals surface area contributed by atoms with Crippen LogP contribution in [0, 0.1) is 0 Å². The summed E-state index contributed by atoms with van der Waals surface area (Å²) in [7, 11) is -2.04. The third-order valence-corrected chi connectivity index (χ3v) is 6.50. The van der Waals surface area contributed by atoms with Gasteiger partial charge in [-0.15, -0.1) is 11.3 Å². The summed E-state index contributed by atoms with van der Waals surface area (Å²) in [6.07, 6.45) is 1.52. The number of hydrogen-bond acceptors (Lipinski definition) is 6. The molecule has 120 valence electrons. The van der Waals surface area contributed by atoms with Gasteiger partial charge in [-0.25, -0.2) is 18.1 Å². The van der Waals surface area contributed by atoms with Crippen molar-refractivity contribution in [2.45, 2.75) is 36.2 Å². The van der Waals surface area contributed by atoms with Crippen LogP contribution in [0.2, 0.25) is 4.34 Å². The first kappa shape index (κ1) is 15.9. The zero-order chi connectivity index (χ0) is 15.7. The maximum absolute atomic E-state index is 12.4. The second-order valence-corrected chi connectivity index (χ2v) is 8.57. The smallest absolute Gasteiger partial charge is 0.250 e. The normalized spacial score (nSPS) is 18.4. The average Bonchev–Trinajstić information content (AvgIpc) is 3.06. The molecule has 0 bridgehead atoms. The predicted octanol–water partition coefficient (Wildman–Crippen LogP) is 1.95. The minimum Gasteiger partial charge on any atom is -0.377 e. The van der Waals surface area contributed by atoms with Crippen LogP contribution in [0.1, 0.15) is 30.5 Å². The van der Waals surface area contributed by atoms with Crippen molar-refractivity contribution in [2.24, 2.45) is 0 Å². The van der Waals surface area contributed by atoms with E-state index in [1.807, 2.05) is 0 Å². The Morgan fingerprint density at radius 1 is 1.55 bits per heavy atom. The van der Waals surface area contributed by atoms with Crippen LogP contribution in [-0.2, 0) is 27.9 Å². The van der Waals surface area contributed by atoms with E-state index in [0.29, 0.717) is 29.0 Å². The topological polar surface area (TPSA) is 86.1 Å². The van der Waals surface area contributed by atoms with E-state index in [-0.39, 0.29) is 4.21 Å². The molecule has 0 aromatic carbocycles. The monoisotopic (exact) mass is 362 g/mol. The van der Waals surface area contributed by atoms with Crippen molar-refractivity contribution < 1.29 is 13.2 Å². The van der Waals surface area contributed by atoms with Gasteiger partial charge in [-0.2, -0.15) is 9.82 Å². The Morgan fingerprint density at radius 2 is 2.36 bits per heavy atom. The van der Waals surface area contributed by atoms with Crippen LogP contribution in [0.5, 0.6) is 0 Å². The summed E-state index contributed by atoms with van der Waals surface area (Å²) in [5.41, 5.74) is 0.